The quantitative estimate of drug-likeness (QED) is 0.734. The van der Waals surface area contributed by atoms with Crippen molar-refractivity contribution >= 4 is 5.91 Å². The van der Waals surface area contributed by atoms with Crippen molar-refractivity contribution < 1.29 is 14.3 Å². The summed E-state index contributed by atoms with van der Waals surface area (Å²) in [5.41, 5.74) is 0. The van der Waals surface area contributed by atoms with Crippen LogP contribution in [0.5, 0.6) is 11.5 Å². The van der Waals surface area contributed by atoms with Crippen LogP contribution in [0.4, 0.5) is 0 Å². The first-order valence-corrected chi connectivity index (χ1v) is 6.76. The summed E-state index contributed by atoms with van der Waals surface area (Å²) in [6, 6.07) is 7.18. The highest BCUT2D eigenvalue weighted by Gasteiger charge is 2.13. The van der Waals surface area contributed by atoms with E-state index in [-0.39, 0.29) is 5.91 Å². The third kappa shape index (κ3) is 5.93. The lowest BCUT2D eigenvalue weighted by atomic mass is 10.3. The predicted octanol–water partition coefficient (Wildman–Crippen LogP) is 1.53. The van der Waals surface area contributed by atoms with Crippen molar-refractivity contribution in [3.8, 4) is 11.5 Å². The van der Waals surface area contributed by atoms with Crippen molar-refractivity contribution in [2.24, 2.45) is 0 Å². The molecular formula is C15H24N2O3. The van der Waals surface area contributed by atoms with E-state index < -0.39 is 6.10 Å². The normalized spacial score (nSPS) is 12.1. The number of hydrogen-bond acceptors (Lipinski definition) is 4. The van der Waals surface area contributed by atoms with Crippen molar-refractivity contribution in [3.63, 3.8) is 0 Å². The Morgan fingerprint density at radius 3 is 2.40 bits per heavy atom. The number of methoxy groups -OCH3 is 1. The molecule has 0 aliphatic heterocycles. The van der Waals surface area contributed by atoms with Gasteiger partial charge in [0.1, 0.15) is 11.5 Å². The maximum absolute atomic E-state index is 11.8. The van der Waals surface area contributed by atoms with Gasteiger partial charge in [0.05, 0.1) is 7.11 Å². The van der Waals surface area contributed by atoms with Gasteiger partial charge < -0.3 is 19.7 Å². The molecule has 1 atom stereocenters. The Balaban J connectivity index is 2.33. The number of carbonyl (C=O) groups excluding carboxylic acids is 1. The van der Waals surface area contributed by atoms with Crippen LogP contribution in [0.3, 0.4) is 0 Å². The maximum atomic E-state index is 11.8. The van der Waals surface area contributed by atoms with E-state index in [1.165, 1.54) is 0 Å². The van der Waals surface area contributed by atoms with Gasteiger partial charge in [-0.15, -0.1) is 0 Å². The highest BCUT2D eigenvalue weighted by Crippen LogP contribution is 2.18. The highest BCUT2D eigenvalue weighted by molar-refractivity contribution is 5.80. The second-order valence-corrected chi connectivity index (χ2v) is 4.88. The zero-order valence-corrected chi connectivity index (χ0v) is 12.7. The summed E-state index contributed by atoms with van der Waals surface area (Å²) in [7, 11) is 5.63. The molecule has 0 fully saturated rings. The number of carbonyl (C=O) groups is 1. The Morgan fingerprint density at radius 2 is 1.85 bits per heavy atom. The summed E-state index contributed by atoms with van der Waals surface area (Å²) >= 11 is 0. The summed E-state index contributed by atoms with van der Waals surface area (Å²) in [5.74, 6) is 1.32. The maximum Gasteiger partial charge on any atom is 0.260 e. The van der Waals surface area contributed by atoms with Gasteiger partial charge in [-0.05, 0) is 58.3 Å². The van der Waals surface area contributed by atoms with Crippen molar-refractivity contribution in [1.29, 1.82) is 0 Å². The average Bonchev–Trinajstić information content (AvgIpc) is 2.44. The first kappa shape index (κ1) is 16.3. The zero-order chi connectivity index (χ0) is 15.0. The number of hydrogen-bond donors (Lipinski definition) is 1. The fraction of sp³-hybridized carbons (Fsp3) is 0.533. The van der Waals surface area contributed by atoms with E-state index in [0.29, 0.717) is 12.3 Å². The number of nitrogens with zero attached hydrogens (tertiary/aromatic N) is 1. The summed E-state index contributed by atoms with van der Waals surface area (Å²) in [4.78, 5) is 13.9. The van der Waals surface area contributed by atoms with Crippen LogP contribution < -0.4 is 14.8 Å². The smallest absolute Gasteiger partial charge is 0.260 e. The molecule has 5 nitrogen and oxygen atoms in total. The van der Waals surface area contributed by atoms with Gasteiger partial charge in [-0.25, -0.2) is 0 Å². The van der Waals surface area contributed by atoms with E-state index in [2.05, 4.69) is 10.2 Å². The molecule has 1 aromatic carbocycles. The van der Waals surface area contributed by atoms with E-state index >= 15 is 0 Å². The topological polar surface area (TPSA) is 50.8 Å². The molecule has 1 rings (SSSR count). The van der Waals surface area contributed by atoms with Crippen molar-refractivity contribution in [2.45, 2.75) is 19.4 Å². The fourth-order valence-electron chi connectivity index (χ4n) is 1.66. The molecule has 0 unspecified atom stereocenters. The molecule has 0 aliphatic rings. The summed E-state index contributed by atoms with van der Waals surface area (Å²) in [5, 5.41) is 2.87. The van der Waals surface area contributed by atoms with Crippen molar-refractivity contribution in [3.05, 3.63) is 24.3 Å². The second-order valence-electron chi connectivity index (χ2n) is 4.88. The number of amides is 1. The SMILES string of the molecule is COc1ccc(O[C@H](C)C(=O)NCCCN(C)C)cc1. The molecule has 0 heterocycles. The van der Waals surface area contributed by atoms with Gasteiger partial charge in [0.15, 0.2) is 6.10 Å². The lowest BCUT2D eigenvalue weighted by Crippen LogP contribution is -2.37. The van der Waals surface area contributed by atoms with Gasteiger partial charge in [0.2, 0.25) is 0 Å². The van der Waals surface area contributed by atoms with Crippen LogP contribution in [0.2, 0.25) is 0 Å². The predicted molar refractivity (Wildman–Crippen MR) is 79.3 cm³/mol. The molecule has 112 valence electrons. The molecule has 0 saturated heterocycles. The summed E-state index contributed by atoms with van der Waals surface area (Å²) in [6.07, 6.45) is 0.413. The van der Waals surface area contributed by atoms with E-state index in [9.17, 15) is 4.79 Å². The molecule has 0 saturated carbocycles. The van der Waals surface area contributed by atoms with Gasteiger partial charge in [-0.1, -0.05) is 0 Å². The molecule has 1 aromatic rings. The van der Waals surface area contributed by atoms with Crippen LogP contribution >= 0.6 is 0 Å². The van der Waals surface area contributed by atoms with Crippen LogP contribution in [0.15, 0.2) is 24.3 Å². The number of rotatable bonds is 8. The van der Waals surface area contributed by atoms with E-state index in [1.54, 1.807) is 38.3 Å². The van der Waals surface area contributed by atoms with E-state index in [4.69, 9.17) is 9.47 Å². The first-order valence-electron chi connectivity index (χ1n) is 6.76. The van der Waals surface area contributed by atoms with E-state index in [0.717, 1.165) is 18.7 Å². The molecule has 0 radical (unpaired) electrons. The molecule has 20 heavy (non-hydrogen) atoms. The van der Waals surface area contributed by atoms with Gasteiger partial charge >= 0.3 is 0 Å². The fourth-order valence-corrected chi connectivity index (χ4v) is 1.66. The summed E-state index contributed by atoms with van der Waals surface area (Å²) < 4.78 is 10.6. The van der Waals surface area contributed by atoms with Gasteiger partial charge in [-0.3, -0.25) is 4.79 Å². The van der Waals surface area contributed by atoms with Crippen LogP contribution in [0, 0.1) is 0 Å². The van der Waals surface area contributed by atoms with Gasteiger partial charge in [-0.2, -0.15) is 0 Å². The average molecular weight is 280 g/mol. The standard InChI is InChI=1S/C15H24N2O3/c1-12(15(18)16-10-5-11-17(2)3)20-14-8-6-13(19-4)7-9-14/h6-9,12H,5,10-11H2,1-4H3,(H,16,18)/t12-/m1/s1. The van der Waals surface area contributed by atoms with E-state index in [1.807, 2.05) is 14.1 Å². The molecule has 0 bridgehead atoms. The molecule has 0 aromatic heterocycles. The Hall–Kier alpha value is -1.75. The Bertz CT molecular complexity index is 404. The Morgan fingerprint density at radius 1 is 1.25 bits per heavy atom. The van der Waals surface area contributed by atoms with Crippen molar-refractivity contribution in [1.82, 2.24) is 10.2 Å². The number of ether oxygens (including phenoxy) is 2. The molecule has 0 spiro atoms. The molecule has 0 aliphatic carbocycles. The van der Waals surface area contributed by atoms with Crippen LogP contribution in [0.25, 0.3) is 0 Å². The minimum absolute atomic E-state index is 0.0976. The summed E-state index contributed by atoms with van der Waals surface area (Å²) in [6.45, 7) is 3.35. The Kier molecular flexibility index (Phi) is 6.87. The molecular weight excluding hydrogens is 256 g/mol. The van der Waals surface area contributed by atoms with Crippen LogP contribution in [0.1, 0.15) is 13.3 Å². The lowest BCUT2D eigenvalue weighted by Gasteiger charge is -2.15. The zero-order valence-electron chi connectivity index (χ0n) is 12.7. The molecule has 1 N–H and O–H groups in total. The highest BCUT2D eigenvalue weighted by atomic mass is 16.5. The molecule has 1 amide bonds. The number of benzene rings is 1. The minimum atomic E-state index is -0.511. The van der Waals surface area contributed by atoms with Crippen LogP contribution in [-0.4, -0.2) is 51.2 Å². The van der Waals surface area contributed by atoms with Gasteiger partial charge in [0, 0.05) is 6.54 Å². The van der Waals surface area contributed by atoms with Gasteiger partial charge in [0.25, 0.3) is 5.91 Å². The number of nitrogens with one attached hydrogen (secondary N) is 1. The Labute approximate surface area is 120 Å². The molecule has 5 heteroatoms. The van der Waals surface area contributed by atoms with Crippen LogP contribution in [-0.2, 0) is 4.79 Å². The third-order valence-electron chi connectivity index (χ3n) is 2.82. The monoisotopic (exact) mass is 280 g/mol. The largest absolute Gasteiger partial charge is 0.497 e. The second kappa shape index (κ2) is 8.43. The van der Waals surface area contributed by atoms with Crippen molar-refractivity contribution in [2.75, 3.05) is 34.3 Å². The minimum Gasteiger partial charge on any atom is -0.497 e. The third-order valence-corrected chi connectivity index (χ3v) is 2.82. The lowest BCUT2D eigenvalue weighted by molar-refractivity contribution is -0.127. The first-order chi connectivity index (χ1) is 9.52.